The van der Waals surface area contributed by atoms with Crippen LogP contribution in [0.3, 0.4) is 0 Å². The summed E-state index contributed by atoms with van der Waals surface area (Å²) in [6.45, 7) is 4.13. The van der Waals surface area contributed by atoms with Crippen LogP contribution in [0.5, 0.6) is 0 Å². The lowest BCUT2D eigenvalue weighted by molar-refractivity contribution is 0.621. The monoisotopic (exact) mass is 388 g/mol. The third kappa shape index (κ3) is 2.99. The largest absolute Gasteiger partial charge is 0.359 e. The average Bonchev–Trinajstić information content (AvgIpc) is 3.12. The number of hydrogen-bond acceptors (Lipinski definition) is 5. The summed E-state index contributed by atoms with van der Waals surface area (Å²) in [5.74, 6) is 0. The number of allylic oxidation sites excluding steroid dienone is 1. The molecule has 1 unspecified atom stereocenters. The number of benzene rings is 1. The first-order valence-electron chi connectivity index (χ1n) is 10.2. The molecule has 1 atom stereocenters. The minimum absolute atomic E-state index is 0.191. The number of aryl methyl sites for hydroxylation is 2. The van der Waals surface area contributed by atoms with Crippen molar-refractivity contribution in [3.63, 3.8) is 0 Å². The molecule has 0 radical (unpaired) electrons. The van der Waals surface area contributed by atoms with Gasteiger partial charge >= 0.3 is 0 Å². The summed E-state index contributed by atoms with van der Waals surface area (Å²) >= 11 is 0. The molecule has 0 bridgehead atoms. The normalized spacial score (nSPS) is 19.0. The molecule has 0 spiro atoms. The maximum absolute atomic E-state index is 12.3. The number of aromatic nitrogens is 1. The molecular formula is C23H24N4O2. The van der Waals surface area contributed by atoms with Gasteiger partial charge in [0.1, 0.15) is 17.5 Å². The molecule has 5 rings (SSSR count). The maximum atomic E-state index is 12.3. The Morgan fingerprint density at radius 3 is 2.66 bits per heavy atom. The lowest BCUT2D eigenvalue weighted by Crippen LogP contribution is -2.39. The SMILES string of the molecule is Cc1cc2[nH]cc(Nc3c(NC4CC5=C(C=N4)CCCC5)c(=O)c3=O)c2cc1C. The quantitative estimate of drug-likeness (QED) is 0.585. The van der Waals surface area contributed by atoms with Crippen LogP contribution in [0.15, 0.2) is 44.1 Å². The molecular weight excluding hydrogens is 364 g/mol. The van der Waals surface area contributed by atoms with Crippen molar-refractivity contribution in [2.24, 2.45) is 4.99 Å². The number of nitrogens with zero attached hydrogens (tertiary/aromatic N) is 1. The Morgan fingerprint density at radius 1 is 1.03 bits per heavy atom. The average molecular weight is 388 g/mol. The van der Waals surface area contributed by atoms with E-state index in [4.69, 9.17) is 0 Å². The van der Waals surface area contributed by atoms with E-state index in [0.717, 1.165) is 35.9 Å². The van der Waals surface area contributed by atoms with Gasteiger partial charge in [-0.1, -0.05) is 5.57 Å². The van der Waals surface area contributed by atoms with Crippen molar-refractivity contribution in [2.45, 2.75) is 52.1 Å². The summed E-state index contributed by atoms with van der Waals surface area (Å²) in [4.78, 5) is 32.3. The summed E-state index contributed by atoms with van der Waals surface area (Å²) in [5.41, 5.74) is 6.66. The third-order valence-corrected chi connectivity index (χ3v) is 6.26. The summed E-state index contributed by atoms with van der Waals surface area (Å²) in [6.07, 6.45) is 9.02. The van der Waals surface area contributed by atoms with Crippen LogP contribution in [-0.2, 0) is 0 Å². The Balaban J connectivity index is 1.40. The van der Waals surface area contributed by atoms with Crippen molar-refractivity contribution in [1.29, 1.82) is 0 Å². The van der Waals surface area contributed by atoms with Gasteiger partial charge in [0.05, 0.1) is 5.69 Å². The standard InChI is InChI=1S/C23H24N4O2/c1-12-7-16-17(8-13(12)2)24-11-18(16)26-20-21(23(29)22(20)28)27-19-9-14-5-3-4-6-15(14)10-25-19/h7-8,10-11,19,24,26-27H,3-6,9H2,1-2H3. The van der Waals surface area contributed by atoms with E-state index in [1.54, 1.807) is 0 Å². The fourth-order valence-electron chi connectivity index (χ4n) is 4.37. The predicted octanol–water partition coefficient (Wildman–Crippen LogP) is 4.21. The fourth-order valence-corrected chi connectivity index (χ4v) is 4.37. The first-order valence-corrected chi connectivity index (χ1v) is 10.2. The van der Waals surface area contributed by atoms with E-state index in [0.29, 0.717) is 11.4 Å². The van der Waals surface area contributed by atoms with Crippen LogP contribution in [0.25, 0.3) is 10.9 Å². The fraction of sp³-hybridized carbons (Fsp3) is 0.348. The Hall–Kier alpha value is -3.15. The van der Waals surface area contributed by atoms with Crippen LogP contribution in [0.2, 0.25) is 0 Å². The number of rotatable bonds is 4. The Labute approximate surface area is 168 Å². The molecule has 148 valence electrons. The Morgan fingerprint density at radius 2 is 1.79 bits per heavy atom. The molecule has 0 amide bonds. The van der Waals surface area contributed by atoms with Gasteiger partial charge in [0.15, 0.2) is 0 Å². The number of hydrogen-bond donors (Lipinski definition) is 3. The molecule has 2 heterocycles. The Bertz CT molecular complexity index is 1250. The first kappa shape index (κ1) is 17.9. The molecule has 2 aromatic carbocycles. The second kappa shape index (κ2) is 6.72. The summed E-state index contributed by atoms with van der Waals surface area (Å²) in [5, 5.41) is 7.38. The van der Waals surface area contributed by atoms with Crippen molar-refractivity contribution in [2.75, 3.05) is 10.6 Å². The highest BCUT2D eigenvalue weighted by atomic mass is 16.2. The van der Waals surface area contributed by atoms with Gasteiger partial charge in [-0.05, 0) is 68.4 Å². The van der Waals surface area contributed by atoms with E-state index in [-0.39, 0.29) is 6.17 Å². The summed E-state index contributed by atoms with van der Waals surface area (Å²) in [7, 11) is 0. The molecule has 1 aliphatic heterocycles. The van der Waals surface area contributed by atoms with E-state index in [1.807, 2.05) is 12.4 Å². The number of dihydropyridines is 1. The van der Waals surface area contributed by atoms with Gasteiger partial charge in [0, 0.05) is 29.7 Å². The van der Waals surface area contributed by atoms with Gasteiger partial charge in [-0.3, -0.25) is 14.6 Å². The van der Waals surface area contributed by atoms with Crippen molar-refractivity contribution in [1.82, 2.24) is 4.98 Å². The molecule has 6 nitrogen and oxygen atoms in total. The lowest BCUT2D eigenvalue weighted by Gasteiger charge is -2.27. The highest BCUT2D eigenvalue weighted by Crippen LogP contribution is 2.33. The molecule has 1 aromatic heterocycles. The van der Waals surface area contributed by atoms with Gasteiger partial charge in [-0.2, -0.15) is 0 Å². The molecule has 29 heavy (non-hydrogen) atoms. The lowest BCUT2D eigenvalue weighted by atomic mass is 9.88. The molecule has 0 saturated heterocycles. The molecule has 3 aromatic rings. The molecule has 6 heteroatoms. The van der Waals surface area contributed by atoms with Crippen LogP contribution in [0.4, 0.5) is 17.1 Å². The van der Waals surface area contributed by atoms with Crippen LogP contribution >= 0.6 is 0 Å². The zero-order valence-corrected chi connectivity index (χ0v) is 16.7. The van der Waals surface area contributed by atoms with E-state index in [1.165, 1.54) is 35.1 Å². The van der Waals surface area contributed by atoms with Crippen molar-refractivity contribution in [3.05, 3.63) is 61.0 Å². The first-order chi connectivity index (χ1) is 14.0. The zero-order valence-electron chi connectivity index (χ0n) is 16.7. The number of nitrogens with one attached hydrogen (secondary N) is 3. The van der Waals surface area contributed by atoms with E-state index in [2.05, 4.69) is 46.6 Å². The molecule has 3 N–H and O–H groups in total. The summed E-state index contributed by atoms with van der Waals surface area (Å²) in [6, 6.07) is 4.17. The van der Waals surface area contributed by atoms with Crippen LogP contribution in [0.1, 0.15) is 43.2 Å². The van der Waals surface area contributed by atoms with E-state index in [9.17, 15) is 9.59 Å². The van der Waals surface area contributed by atoms with Crippen LogP contribution in [0, 0.1) is 13.8 Å². The van der Waals surface area contributed by atoms with Gasteiger partial charge in [0.25, 0.3) is 10.9 Å². The zero-order chi connectivity index (χ0) is 20.1. The molecule has 2 aliphatic rings. The smallest absolute Gasteiger partial charge is 0.253 e. The van der Waals surface area contributed by atoms with Gasteiger partial charge < -0.3 is 15.6 Å². The molecule has 0 saturated carbocycles. The number of H-pyrrole nitrogens is 1. The Kier molecular flexibility index (Phi) is 4.15. The summed E-state index contributed by atoms with van der Waals surface area (Å²) < 4.78 is 0. The number of fused-ring (bicyclic) bond motifs is 1. The highest BCUT2D eigenvalue weighted by molar-refractivity contribution is 5.96. The van der Waals surface area contributed by atoms with Crippen molar-refractivity contribution < 1.29 is 0 Å². The second-order valence-electron chi connectivity index (χ2n) is 8.20. The van der Waals surface area contributed by atoms with Crippen LogP contribution < -0.4 is 21.5 Å². The second-order valence-corrected chi connectivity index (χ2v) is 8.20. The van der Waals surface area contributed by atoms with E-state index >= 15 is 0 Å². The molecule has 0 fully saturated rings. The predicted molar refractivity (Wildman–Crippen MR) is 118 cm³/mol. The number of anilines is 3. The van der Waals surface area contributed by atoms with Crippen molar-refractivity contribution >= 4 is 34.2 Å². The van der Waals surface area contributed by atoms with Gasteiger partial charge in [-0.15, -0.1) is 0 Å². The number of aromatic amines is 1. The van der Waals surface area contributed by atoms with Gasteiger partial charge in [-0.25, -0.2) is 0 Å². The molecule has 1 aliphatic carbocycles. The highest BCUT2D eigenvalue weighted by Gasteiger charge is 2.26. The van der Waals surface area contributed by atoms with Gasteiger partial charge in [0.2, 0.25) is 0 Å². The minimum atomic E-state index is -0.483. The van der Waals surface area contributed by atoms with E-state index < -0.39 is 10.9 Å². The third-order valence-electron chi connectivity index (χ3n) is 6.26. The minimum Gasteiger partial charge on any atom is -0.359 e. The topological polar surface area (TPSA) is 86.3 Å². The van der Waals surface area contributed by atoms with Crippen molar-refractivity contribution in [3.8, 4) is 0 Å². The number of aliphatic imine (C=N–C) groups is 1. The van der Waals surface area contributed by atoms with Crippen LogP contribution in [-0.4, -0.2) is 17.4 Å². The maximum Gasteiger partial charge on any atom is 0.253 e.